The number of halogens is 3. The lowest BCUT2D eigenvalue weighted by Crippen LogP contribution is -2.43. The highest BCUT2D eigenvalue weighted by atomic mass is 19.4. The molecule has 0 spiro atoms. The van der Waals surface area contributed by atoms with E-state index in [9.17, 15) is 38.0 Å². The summed E-state index contributed by atoms with van der Waals surface area (Å²) in [4.78, 5) is 34.1. The van der Waals surface area contributed by atoms with Gasteiger partial charge in [0.2, 0.25) is 0 Å². The number of amides is 1. The Bertz CT molecular complexity index is 945. The number of aliphatic carboxylic acids is 1. The van der Waals surface area contributed by atoms with Crippen LogP contribution in [0.4, 0.5) is 18.9 Å². The third-order valence-electron chi connectivity index (χ3n) is 3.98. The van der Waals surface area contributed by atoms with Crippen molar-refractivity contribution in [3.8, 4) is 5.75 Å². The third-order valence-corrected chi connectivity index (χ3v) is 3.98. The van der Waals surface area contributed by atoms with Crippen LogP contribution in [0.1, 0.15) is 21.5 Å². The standard InChI is InChI=1S/C18H15F3N2O6/c1-29-15-7-6-11(23(27)28)8-10(15)9-14(17(25)26)22-16(24)12-4-2-3-5-13(12)18(19,20)21/h2-8,14H,9H2,1H3,(H,22,24)(H,25,26)/t14-/m1/s1. The lowest BCUT2D eigenvalue weighted by molar-refractivity contribution is -0.384. The second kappa shape index (κ2) is 8.59. The van der Waals surface area contributed by atoms with E-state index >= 15 is 0 Å². The fourth-order valence-electron chi connectivity index (χ4n) is 2.62. The highest BCUT2D eigenvalue weighted by molar-refractivity contribution is 5.98. The Morgan fingerprint density at radius 2 is 1.90 bits per heavy atom. The topological polar surface area (TPSA) is 119 Å². The van der Waals surface area contributed by atoms with Gasteiger partial charge in [-0.1, -0.05) is 12.1 Å². The summed E-state index contributed by atoms with van der Waals surface area (Å²) in [6, 6.07) is 5.76. The number of nitrogens with one attached hydrogen (secondary N) is 1. The molecule has 2 rings (SSSR count). The van der Waals surface area contributed by atoms with Crippen LogP contribution in [0, 0.1) is 10.1 Å². The number of non-ortho nitro benzene ring substituents is 1. The van der Waals surface area contributed by atoms with E-state index in [1.54, 1.807) is 0 Å². The van der Waals surface area contributed by atoms with E-state index in [1.807, 2.05) is 5.32 Å². The highest BCUT2D eigenvalue weighted by Gasteiger charge is 2.35. The Morgan fingerprint density at radius 3 is 2.45 bits per heavy atom. The molecule has 0 aliphatic heterocycles. The van der Waals surface area contributed by atoms with Gasteiger partial charge in [0.1, 0.15) is 11.8 Å². The molecule has 11 heteroatoms. The predicted octanol–water partition coefficient (Wildman–Crippen LogP) is 3.05. The molecule has 0 aliphatic rings. The molecule has 29 heavy (non-hydrogen) atoms. The van der Waals surface area contributed by atoms with Crippen molar-refractivity contribution >= 4 is 17.6 Å². The van der Waals surface area contributed by atoms with Gasteiger partial charge in [0.15, 0.2) is 0 Å². The summed E-state index contributed by atoms with van der Waals surface area (Å²) in [5, 5.41) is 22.4. The van der Waals surface area contributed by atoms with Crippen LogP contribution in [0.3, 0.4) is 0 Å². The fourth-order valence-corrected chi connectivity index (χ4v) is 2.62. The van der Waals surface area contributed by atoms with E-state index in [0.29, 0.717) is 6.07 Å². The maximum Gasteiger partial charge on any atom is 0.417 e. The maximum absolute atomic E-state index is 13.1. The highest BCUT2D eigenvalue weighted by Crippen LogP contribution is 2.32. The lowest BCUT2D eigenvalue weighted by Gasteiger charge is -2.18. The second-order valence-electron chi connectivity index (χ2n) is 5.87. The lowest BCUT2D eigenvalue weighted by atomic mass is 10.0. The molecule has 154 valence electrons. The number of hydrogen-bond acceptors (Lipinski definition) is 5. The van der Waals surface area contributed by atoms with Crippen molar-refractivity contribution in [3.05, 3.63) is 69.3 Å². The van der Waals surface area contributed by atoms with Crippen molar-refractivity contribution in [1.82, 2.24) is 5.32 Å². The van der Waals surface area contributed by atoms with Gasteiger partial charge < -0.3 is 15.2 Å². The van der Waals surface area contributed by atoms with Crippen molar-refractivity contribution in [1.29, 1.82) is 0 Å². The predicted molar refractivity (Wildman–Crippen MR) is 93.7 cm³/mol. The molecule has 0 saturated carbocycles. The summed E-state index contributed by atoms with van der Waals surface area (Å²) in [6.07, 6.45) is -5.25. The van der Waals surface area contributed by atoms with E-state index in [4.69, 9.17) is 4.74 Å². The summed E-state index contributed by atoms with van der Waals surface area (Å²) in [6.45, 7) is 0. The van der Waals surface area contributed by atoms with Gasteiger partial charge in [0, 0.05) is 24.1 Å². The third kappa shape index (κ3) is 5.21. The Hall–Kier alpha value is -3.63. The van der Waals surface area contributed by atoms with Gasteiger partial charge in [0.05, 0.1) is 23.2 Å². The largest absolute Gasteiger partial charge is 0.496 e. The molecule has 0 aromatic heterocycles. The zero-order valence-electron chi connectivity index (χ0n) is 14.9. The number of nitrogens with zero attached hydrogens (tertiary/aromatic N) is 1. The van der Waals surface area contributed by atoms with Gasteiger partial charge in [-0.15, -0.1) is 0 Å². The molecule has 0 aliphatic carbocycles. The van der Waals surface area contributed by atoms with Crippen LogP contribution < -0.4 is 10.1 Å². The maximum atomic E-state index is 13.1. The molecule has 1 amide bonds. The molecule has 0 heterocycles. The van der Waals surface area contributed by atoms with Gasteiger partial charge in [-0.25, -0.2) is 4.79 Å². The first-order valence-electron chi connectivity index (χ1n) is 8.05. The fraction of sp³-hybridized carbons (Fsp3) is 0.222. The van der Waals surface area contributed by atoms with E-state index in [-0.39, 0.29) is 17.0 Å². The Morgan fingerprint density at radius 1 is 1.24 bits per heavy atom. The SMILES string of the molecule is COc1ccc([N+](=O)[O-])cc1C[C@@H](NC(=O)c1ccccc1C(F)(F)F)C(=O)O. The Balaban J connectivity index is 2.33. The molecule has 0 saturated heterocycles. The molecule has 0 fully saturated rings. The van der Waals surface area contributed by atoms with E-state index < -0.39 is 46.6 Å². The van der Waals surface area contributed by atoms with Gasteiger partial charge in [-0.3, -0.25) is 14.9 Å². The van der Waals surface area contributed by atoms with Gasteiger partial charge >= 0.3 is 12.1 Å². The van der Waals surface area contributed by atoms with Gasteiger partial charge in [0.25, 0.3) is 11.6 Å². The van der Waals surface area contributed by atoms with Crippen molar-refractivity contribution in [2.75, 3.05) is 7.11 Å². The molecule has 0 bridgehead atoms. The summed E-state index contributed by atoms with van der Waals surface area (Å²) >= 11 is 0. The molecular weight excluding hydrogens is 397 g/mol. The summed E-state index contributed by atoms with van der Waals surface area (Å²) in [7, 11) is 1.26. The van der Waals surface area contributed by atoms with Crippen LogP contribution in [0.5, 0.6) is 5.75 Å². The first-order valence-corrected chi connectivity index (χ1v) is 8.05. The van der Waals surface area contributed by atoms with Crippen LogP contribution in [-0.4, -0.2) is 35.1 Å². The average molecular weight is 412 g/mol. The van der Waals surface area contributed by atoms with Crippen molar-refractivity contribution < 1.29 is 37.5 Å². The molecule has 2 N–H and O–H groups in total. The molecule has 0 unspecified atom stereocenters. The van der Waals surface area contributed by atoms with Gasteiger partial charge in [-0.2, -0.15) is 13.2 Å². The van der Waals surface area contributed by atoms with Crippen LogP contribution in [0.15, 0.2) is 42.5 Å². The number of rotatable bonds is 7. The van der Waals surface area contributed by atoms with E-state index in [2.05, 4.69) is 0 Å². The molecular formula is C18H15F3N2O6. The number of alkyl halides is 3. The van der Waals surface area contributed by atoms with Crippen LogP contribution >= 0.6 is 0 Å². The zero-order valence-corrected chi connectivity index (χ0v) is 14.9. The number of benzene rings is 2. The number of carbonyl (C=O) groups is 2. The van der Waals surface area contributed by atoms with Crippen LogP contribution in [-0.2, 0) is 17.4 Å². The minimum atomic E-state index is -4.81. The smallest absolute Gasteiger partial charge is 0.417 e. The molecule has 8 nitrogen and oxygen atoms in total. The van der Waals surface area contributed by atoms with Crippen molar-refractivity contribution in [2.24, 2.45) is 0 Å². The van der Waals surface area contributed by atoms with Crippen LogP contribution in [0.25, 0.3) is 0 Å². The number of nitro benzene ring substituents is 1. The van der Waals surface area contributed by atoms with Crippen molar-refractivity contribution in [2.45, 2.75) is 18.6 Å². The second-order valence-corrected chi connectivity index (χ2v) is 5.87. The first-order chi connectivity index (χ1) is 13.5. The normalized spacial score (nSPS) is 12.1. The monoisotopic (exact) mass is 412 g/mol. The minimum absolute atomic E-state index is 0.0958. The average Bonchev–Trinajstić information content (AvgIpc) is 2.66. The first kappa shape index (κ1) is 21.7. The number of methoxy groups -OCH3 is 1. The molecule has 1 atom stereocenters. The van der Waals surface area contributed by atoms with Crippen LogP contribution in [0.2, 0.25) is 0 Å². The van der Waals surface area contributed by atoms with E-state index in [1.165, 1.54) is 19.2 Å². The quantitative estimate of drug-likeness (QED) is 0.533. The number of hydrogen-bond donors (Lipinski definition) is 2. The summed E-state index contributed by atoms with van der Waals surface area (Å²) < 4.78 is 44.3. The number of carbonyl (C=O) groups excluding carboxylic acids is 1. The molecule has 2 aromatic carbocycles. The number of carboxylic acid groups (broad SMARTS) is 1. The summed E-state index contributed by atoms with van der Waals surface area (Å²) in [5.74, 6) is -2.64. The van der Waals surface area contributed by atoms with Gasteiger partial charge in [-0.05, 0) is 18.2 Å². The van der Waals surface area contributed by atoms with Crippen molar-refractivity contribution in [3.63, 3.8) is 0 Å². The zero-order chi connectivity index (χ0) is 21.8. The molecule has 2 aromatic rings. The minimum Gasteiger partial charge on any atom is -0.496 e. The van der Waals surface area contributed by atoms with E-state index in [0.717, 1.165) is 24.3 Å². The number of carboxylic acids is 1. The number of nitro groups is 1. The summed E-state index contributed by atoms with van der Waals surface area (Å²) in [5.41, 5.74) is -2.19. The molecule has 0 radical (unpaired) electrons. The Kier molecular flexibility index (Phi) is 6.42. The Labute approximate surface area is 162 Å². The number of ether oxygens (including phenoxy) is 1.